The van der Waals surface area contributed by atoms with Crippen LogP contribution in [0.5, 0.6) is 0 Å². The van der Waals surface area contributed by atoms with Crippen molar-refractivity contribution in [1.29, 1.82) is 0 Å². The SMILES string of the molecule is O=C(NCCC1[C@H]2CN(C(=O)c3ccc(F)cc3)C[C@@H]12)c1cc(-c2cccnc2)on1. The van der Waals surface area contributed by atoms with E-state index in [4.69, 9.17) is 4.52 Å². The molecule has 7 nitrogen and oxygen atoms in total. The van der Waals surface area contributed by atoms with Gasteiger partial charge in [-0.2, -0.15) is 0 Å². The minimum Gasteiger partial charge on any atom is -0.355 e. The zero-order chi connectivity index (χ0) is 21.4. The third kappa shape index (κ3) is 3.93. The molecule has 2 aromatic heterocycles. The molecule has 1 saturated carbocycles. The molecule has 3 atom stereocenters. The Labute approximate surface area is 178 Å². The van der Waals surface area contributed by atoms with Gasteiger partial charge in [-0.25, -0.2) is 4.39 Å². The minimum absolute atomic E-state index is 0.0466. The fourth-order valence-corrected chi connectivity index (χ4v) is 4.49. The Kier molecular flexibility index (Phi) is 4.97. The van der Waals surface area contributed by atoms with Gasteiger partial charge in [0.05, 0.1) is 0 Å². The lowest BCUT2D eigenvalue weighted by atomic mass is 10.1. The van der Waals surface area contributed by atoms with Crippen LogP contribution in [0, 0.1) is 23.6 Å². The summed E-state index contributed by atoms with van der Waals surface area (Å²) in [4.78, 5) is 30.7. The van der Waals surface area contributed by atoms with Gasteiger partial charge in [-0.15, -0.1) is 0 Å². The molecular formula is C23H21FN4O3. The largest absolute Gasteiger partial charge is 0.355 e. The Balaban J connectivity index is 1.07. The number of pyridine rings is 1. The van der Waals surface area contributed by atoms with E-state index in [1.54, 1.807) is 24.5 Å². The van der Waals surface area contributed by atoms with Crippen LogP contribution in [0.2, 0.25) is 0 Å². The molecule has 158 valence electrons. The molecular weight excluding hydrogens is 399 g/mol. The summed E-state index contributed by atoms with van der Waals surface area (Å²) in [6.07, 6.45) is 4.18. The monoisotopic (exact) mass is 420 g/mol. The van der Waals surface area contributed by atoms with Crippen LogP contribution in [0.4, 0.5) is 4.39 Å². The molecule has 1 saturated heterocycles. The maximum Gasteiger partial charge on any atom is 0.273 e. The van der Waals surface area contributed by atoms with E-state index in [9.17, 15) is 14.0 Å². The van der Waals surface area contributed by atoms with Gasteiger partial charge in [0, 0.05) is 49.2 Å². The summed E-state index contributed by atoms with van der Waals surface area (Å²) in [5, 5.41) is 6.74. The smallest absolute Gasteiger partial charge is 0.273 e. The number of nitrogens with one attached hydrogen (secondary N) is 1. The van der Waals surface area contributed by atoms with E-state index in [-0.39, 0.29) is 23.3 Å². The first kappa shape index (κ1) is 19.4. The number of aromatic nitrogens is 2. The number of hydrogen-bond donors (Lipinski definition) is 1. The molecule has 2 fully saturated rings. The number of fused-ring (bicyclic) bond motifs is 1. The third-order valence-corrected chi connectivity index (χ3v) is 6.20. The molecule has 1 aliphatic heterocycles. The molecule has 1 N–H and O–H groups in total. The predicted octanol–water partition coefficient (Wildman–Crippen LogP) is 3.01. The average Bonchev–Trinajstić information content (AvgIpc) is 3.19. The predicted molar refractivity (Wildman–Crippen MR) is 109 cm³/mol. The quantitative estimate of drug-likeness (QED) is 0.662. The zero-order valence-corrected chi connectivity index (χ0v) is 16.7. The molecule has 1 aromatic carbocycles. The van der Waals surface area contributed by atoms with E-state index in [0.717, 1.165) is 25.1 Å². The first-order valence-electron chi connectivity index (χ1n) is 10.3. The molecule has 5 rings (SSSR count). The van der Waals surface area contributed by atoms with Crippen LogP contribution in [0.3, 0.4) is 0 Å². The molecule has 2 amide bonds. The molecule has 3 heterocycles. The Bertz CT molecular complexity index is 1090. The highest BCUT2D eigenvalue weighted by atomic mass is 19.1. The van der Waals surface area contributed by atoms with E-state index in [2.05, 4.69) is 15.5 Å². The van der Waals surface area contributed by atoms with Gasteiger partial charge < -0.3 is 14.7 Å². The van der Waals surface area contributed by atoms with E-state index in [0.29, 0.717) is 35.6 Å². The van der Waals surface area contributed by atoms with Crippen LogP contribution in [0.1, 0.15) is 27.3 Å². The topological polar surface area (TPSA) is 88.3 Å². The van der Waals surface area contributed by atoms with Gasteiger partial charge >= 0.3 is 0 Å². The Morgan fingerprint density at radius 3 is 2.65 bits per heavy atom. The number of benzene rings is 1. The van der Waals surface area contributed by atoms with Crippen molar-refractivity contribution in [2.45, 2.75) is 6.42 Å². The lowest BCUT2D eigenvalue weighted by Gasteiger charge is -2.20. The molecule has 31 heavy (non-hydrogen) atoms. The van der Waals surface area contributed by atoms with E-state index < -0.39 is 0 Å². The van der Waals surface area contributed by atoms with Gasteiger partial charge in [-0.1, -0.05) is 5.16 Å². The highest BCUT2D eigenvalue weighted by molar-refractivity contribution is 5.94. The molecule has 2 aliphatic rings. The van der Waals surface area contributed by atoms with Crippen LogP contribution in [0.25, 0.3) is 11.3 Å². The van der Waals surface area contributed by atoms with Gasteiger partial charge in [-0.3, -0.25) is 14.6 Å². The molecule has 0 radical (unpaired) electrons. The van der Waals surface area contributed by atoms with Crippen molar-refractivity contribution in [1.82, 2.24) is 20.4 Å². The normalized spacial score (nSPS) is 21.6. The fourth-order valence-electron chi connectivity index (χ4n) is 4.49. The van der Waals surface area contributed by atoms with Crippen molar-refractivity contribution in [3.63, 3.8) is 0 Å². The van der Waals surface area contributed by atoms with Gasteiger partial charge in [0.2, 0.25) is 0 Å². The van der Waals surface area contributed by atoms with Crippen LogP contribution in [-0.2, 0) is 0 Å². The van der Waals surface area contributed by atoms with Crippen LogP contribution in [0.15, 0.2) is 59.4 Å². The third-order valence-electron chi connectivity index (χ3n) is 6.20. The van der Waals surface area contributed by atoms with Crippen molar-refractivity contribution >= 4 is 11.8 Å². The lowest BCUT2D eigenvalue weighted by molar-refractivity contribution is 0.0767. The maximum absolute atomic E-state index is 13.0. The fraction of sp³-hybridized carbons (Fsp3) is 0.304. The lowest BCUT2D eigenvalue weighted by Crippen LogP contribution is -2.32. The number of nitrogens with zero attached hydrogens (tertiary/aromatic N) is 3. The van der Waals surface area contributed by atoms with E-state index in [1.807, 2.05) is 11.0 Å². The number of amides is 2. The number of hydrogen-bond acceptors (Lipinski definition) is 5. The Hall–Kier alpha value is -3.55. The summed E-state index contributed by atoms with van der Waals surface area (Å²) in [7, 11) is 0. The Morgan fingerprint density at radius 1 is 1.16 bits per heavy atom. The van der Waals surface area contributed by atoms with Crippen molar-refractivity contribution < 1.29 is 18.5 Å². The molecule has 0 spiro atoms. The summed E-state index contributed by atoms with van der Waals surface area (Å²) in [5.74, 6) is 1.31. The standard InChI is InChI=1S/C23H21FN4O3/c24-16-5-3-14(4-6-16)23(30)28-12-18-17(19(18)13-28)7-9-26-22(29)20-10-21(31-27-20)15-2-1-8-25-11-15/h1-6,8,10-11,17-19H,7,9,12-13H2,(H,26,29)/t17?,18-,19+. The number of carbonyl (C=O) groups excluding carboxylic acids is 2. The Morgan fingerprint density at radius 2 is 1.94 bits per heavy atom. The van der Waals surface area contributed by atoms with Crippen LogP contribution < -0.4 is 5.32 Å². The summed E-state index contributed by atoms with van der Waals surface area (Å²) >= 11 is 0. The van der Waals surface area contributed by atoms with E-state index >= 15 is 0 Å². The van der Waals surface area contributed by atoms with Gasteiger partial charge in [-0.05, 0) is 60.6 Å². The first-order chi connectivity index (χ1) is 15.1. The second-order valence-electron chi connectivity index (χ2n) is 8.07. The van der Waals surface area contributed by atoms with Crippen LogP contribution in [-0.4, -0.2) is 46.5 Å². The maximum atomic E-state index is 13.0. The molecule has 8 heteroatoms. The second kappa shape index (κ2) is 7.94. The zero-order valence-electron chi connectivity index (χ0n) is 16.7. The summed E-state index contributed by atoms with van der Waals surface area (Å²) in [6.45, 7) is 1.99. The highest BCUT2D eigenvalue weighted by Gasteiger charge is 2.55. The van der Waals surface area contributed by atoms with Crippen molar-refractivity contribution in [2.75, 3.05) is 19.6 Å². The van der Waals surface area contributed by atoms with Gasteiger partial charge in [0.15, 0.2) is 11.5 Å². The van der Waals surface area contributed by atoms with Gasteiger partial charge in [0.1, 0.15) is 5.82 Å². The first-order valence-corrected chi connectivity index (χ1v) is 10.3. The molecule has 0 bridgehead atoms. The number of halogens is 1. The van der Waals surface area contributed by atoms with Gasteiger partial charge in [0.25, 0.3) is 11.8 Å². The second-order valence-corrected chi connectivity index (χ2v) is 8.07. The summed E-state index contributed by atoms with van der Waals surface area (Å²) < 4.78 is 18.3. The van der Waals surface area contributed by atoms with Crippen molar-refractivity contribution in [3.8, 4) is 11.3 Å². The average molecular weight is 420 g/mol. The highest BCUT2D eigenvalue weighted by Crippen LogP contribution is 2.53. The number of piperidine rings is 1. The number of carbonyl (C=O) groups is 2. The van der Waals surface area contributed by atoms with E-state index in [1.165, 1.54) is 24.3 Å². The number of rotatable bonds is 6. The van der Waals surface area contributed by atoms with Crippen LogP contribution >= 0.6 is 0 Å². The summed E-state index contributed by atoms with van der Waals surface area (Å²) in [6, 6.07) is 10.9. The van der Waals surface area contributed by atoms with Crippen molar-refractivity contribution in [2.24, 2.45) is 17.8 Å². The molecule has 3 aromatic rings. The molecule has 1 unspecified atom stereocenters. The van der Waals surface area contributed by atoms with Crippen molar-refractivity contribution in [3.05, 3.63) is 71.9 Å². The molecule has 1 aliphatic carbocycles. The number of likely N-dealkylation sites (tertiary alicyclic amines) is 1. The minimum atomic E-state index is -0.346. The summed E-state index contributed by atoms with van der Waals surface area (Å²) in [5.41, 5.74) is 1.52.